The van der Waals surface area contributed by atoms with E-state index < -0.39 is 11.9 Å². The van der Waals surface area contributed by atoms with Crippen molar-refractivity contribution in [2.75, 3.05) is 13.7 Å². The zero-order valence-corrected chi connectivity index (χ0v) is 8.06. The van der Waals surface area contributed by atoms with Gasteiger partial charge in [0.25, 0.3) is 0 Å². The Kier molecular flexibility index (Phi) is 7.22. The summed E-state index contributed by atoms with van der Waals surface area (Å²) in [7, 11) is 1.49. The van der Waals surface area contributed by atoms with Crippen molar-refractivity contribution in [3.63, 3.8) is 0 Å². The summed E-state index contributed by atoms with van der Waals surface area (Å²) < 4.78 is 9.31. The molecule has 0 aliphatic heterocycles. The first-order valence-electron chi connectivity index (χ1n) is 4.22. The molecule has 0 saturated heterocycles. The van der Waals surface area contributed by atoms with Crippen molar-refractivity contribution < 1.29 is 24.2 Å². The lowest BCUT2D eigenvalue weighted by atomic mass is 10.2. The van der Waals surface area contributed by atoms with Crippen LogP contribution in [0.25, 0.3) is 0 Å². The van der Waals surface area contributed by atoms with Crippen LogP contribution in [0.1, 0.15) is 19.3 Å². The minimum absolute atomic E-state index is 0.0109. The van der Waals surface area contributed by atoms with Crippen LogP contribution >= 0.6 is 0 Å². The second-order valence-electron chi connectivity index (χ2n) is 2.54. The van der Waals surface area contributed by atoms with E-state index in [9.17, 15) is 9.59 Å². The molecule has 0 rings (SSSR count). The van der Waals surface area contributed by atoms with Crippen molar-refractivity contribution in [3.05, 3.63) is 12.3 Å². The van der Waals surface area contributed by atoms with Gasteiger partial charge < -0.3 is 14.6 Å². The lowest BCUT2D eigenvalue weighted by Gasteiger charge is -1.99. The van der Waals surface area contributed by atoms with E-state index in [2.05, 4.69) is 4.74 Å². The fourth-order valence-corrected chi connectivity index (χ4v) is 0.733. The Hall–Kier alpha value is -1.52. The van der Waals surface area contributed by atoms with Gasteiger partial charge in [-0.2, -0.15) is 0 Å². The topological polar surface area (TPSA) is 72.8 Å². The van der Waals surface area contributed by atoms with Crippen LogP contribution in [0.4, 0.5) is 0 Å². The number of carboxylic acid groups (broad SMARTS) is 1. The number of carbonyl (C=O) groups is 2. The summed E-state index contributed by atoms with van der Waals surface area (Å²) in [5.41, 5.74) is 0. The number of carbonyl (C=O) groups excluding carboxylic acids is 1. The summed E-state index contributed by atoms with van der Waals surface area (Å²) in [5, 5.41) is 8.29. The lowest BCUT2D eigenvalue weighted by Crippen LogP contribution is -2.05. The molecule has 0 radical (unpaired) electrons. The van der Waals surface area contributed by atoms with Gasteiger partial charge in [0.15, 0.2) is 0 Å². The Morgan fingerprint density at radius 1 is 1.36 bits per heavy atom. The van der Waals surface area contributed by atoms with Crippen LogP contribution in [-0.4, -0.2) is 30.8 Å². The SMILES string of the molecule is COC=CCOC(=O)CCCC(=O)O. The van der Waals surface area contributed by atoms with E-state index in [0.29, 0.717) is 6.42 Å². The first kappa shape index (κ1) is 12.5. The second-order valence-corrected chi connectivity index (χ2v) is 2.54. The molecule has 80 valence electrons. The largest absolute Gasteiger partial charge is 0.505 e. The third kappa shape index (κ3) is 8.58. The quantitative estimate of drug-likeness (QED) is 0.491. The third-order valence-corrected chi connectivity index (χ3v) is 1.34. The highest BCUT2D eigenvalue weighted by Gasteiger charge is 2.03. The number of carboxylic acids is 1. The summed E-state index contributed by atoms with van der Waals surface area (Å²) >= 11 is 0. The molecule has 5 heteroatoms. The summed E-state index contributed by atoms with van der Waals surface area (Å²) in [6.07, 6.45) is 3.39. The molecular weight excluding hydrogens is 188 g/mol. The zero-order valence-electron chi connectivity index (χ0n) is 8.06. The summed E-state index contributed by atoms with van der Waals surface area (Å²) in [6.45, 7) is 0.153. The molecule has 0 spiro atoms. The highest BCUT2D eigenvalue weighted by atomic mass is 16.5. The van der Waals surface area contributed by atoms with Crippen LogP contribution in [0, 0.1) is 0 Å². The normalized spacial score (nSPS) is 10.1. The molecular formula is C9H14O5. The number of ether oxygens (including phenoxy) is 2. The van der Waals surface area contributed by atoms with Crippen molar-refractivity contribution in [2.45, 2.75) is 19.3 Å². The van der Waals surface area contributed by atoms with Gasteiger partial charge in [-0.1, -0.05) is 0 Å². The lowest BCUT2D eigenvalue weighted by molar-refractivity contribution is -0.142. The average Bonchev–Trinajstić information content (AvgIpc) is 2.12. The monoisotopic (exact) mass is 202 g/mol. The molecule has 0 atom stereocenters. The Morgan fingerprint density at radius 3 is 2.64 bits per heavy atom. The molecule has 0 aromatic carbocycles. The van der Waals surface area contributed by atoms with Gasteiger partial charge in [-0.15, -0.1) is 0 Å². The third-order valence-electron chi connectivity index (χ3n) is 1.34. The number of rotatable bonds is 7. The fourth-order valence-electron chi connectivity index (χ4n) is 0.733. The van der Waals surface area contributed by atoms with Gasteiger partial charge in [-0.05, 0) is 12.5 Å². The number of esters is 1. The molecule has 0 aliphatic carbocycles. The van der Waals surface area contributed by atoms with Crippen molar-refractivity contribution in [1.82, 2.24) is 0 Å². The zero-order chi connectivity index (χ0) is 10.8. The standard InChI is InChI=1S/C9H14O5/c1-13-6-3-7-14-9(12)5-2-4-8(10)11/h3,6H,2,4-5,7H2,1H3,(H,10,11). The predicted molar refractivity (Wildman–Crippen MR) is 48.6 cm³/mol. The molecule has 0 heterocycles. The van der Waals surface area contributed by atoms with Crippen LogP contribution < -0.4 is 0 Å². The highest BCUT2D eigenvalue weighted by molar-refractivity contribution is 5.71. The summed E-state index contributed by atoms with van der Waals surface area (Å²) in [6, 6.07) is 0. The Morgan fingerprint density at radius 2 is 2.07 bits per heavy atom. The number of hydrogen-bond acceptors (Lipinski definition) is 4. The fraction of sp³-hybridized carbons (Fsp3) is 0.556. The molecule has 0 bridgehead atoms. The van der Waals surface area contributed by atoms with Gasteiger partial charge in [0.1, 0.15) is 6.61 Å². The van der Waals surface area contributed by atoms with Gasteiger partial charge in [0.2, 0.25) is 0 Å². The van der Waals surface area contributed by atoms with Crippen LogP contribution in [-0.2, 0) is 19.1 Å². The average molecular weight is 202 g/mol. The maximum Gasteiger partial charge on any atom is 0.306 e. The molecule has 0 amide bonds. The maximum absolute atomic E-state index is 10.9. The molecule has 0 aromatic rings. The minimum atomic E-state index is -0.905. The van der Waals surface area contributed by atoms with Crippen LogP contribution in [0.2, 0.25) is 0 Å². The number of aliphatic carboxylic acids is 1. The van der Waals surface area contributed by atoms with Crippen molar-refractivity contribution in [1.29, 1.82) is 0 Å². The summed E-state index contributed by atoms with van der Waals surface area (Å²) in [4.78, 5) is 21.0. The summed E-state index contributed by atoms with van der Waals surface area (Å²) in [5.74, 6) is -1.30. The van der Waals surface area contributed by atoms with Crippen LogP contribution in [0.3, 0.4) is 0 Å². The van der Waals surface area contributed by atoms with Gasteiger partial charge in [0, 0.05) is 12.8 Å². The van der Waals surface area contributed by atoms with Crippen LogP contribution in [0.15, 0.2) is 12.3 Å². The molecule has 5 nitrogen and oxygen atoms in total. The van der Waals surface area contributed by atoms with Crippen molar-refractivity contribution >= 4 is 11.9 Å². The van der Waals surface area contributed by atoms with E-state index in [1.165, 1.54) is 13.4 Å². The maximum atomic E-state index is 10.9. The molecule has 0 saturated carbocycles. The van der Waals surface area contributed by atoms with Crippen molar-refractivity contribution in [2.24, 2.45) is 0 Å². The van der Waals surface area contributed by atoms with Gasteiger partial charge in [-0.3, -0.25) is 9.59 Å². The first-order chi connectivity index (χ1) is 6.66. The molecule has 0 aromatic heterocycles. The molecule has 0 fully saturated rings. The number of hydrogen-bond donors (Lipinski definition) is 1. The Bertz CT molecular complexity index is 209. The van der Waals surface area contributed by atoms with E-state index in [1.54, 1.807) is 6.08 Å². The van der Waals surface area contributed by atoms with E-state index in [1.807, 2.05) is 0 Å². The molecule has 0 aliphatic rings. The Balaban J connectivity index is 3.37. The smallest absolute Gasteiger partial charge is 0.306 e. The van der Waals surface area contributed by atoms with E-state index in [0.717, 1.165) is 0 Å². The first-order valence-corrected chi connectivity index (χ1v) is 4.22. The number of methoxy groups -OCH3 is 1. The van der Waals surface area contributed by atoms with E-state index >= 15 is 0 Å². The molecule has 14 heavy (non-hydrogen) atoms. The Labute approximate surface area is 82.3 Å². The van der Waals surface area contributed by atoms with Crippen molar-refractivity contribution in [3.8, 4) is 0 Å². The minimum Gasteiger partial charge on any atom is -0.505 e. The second kappa shape index (κ2) is 8.10. The molecule has 0 unspecified atom stereocenters. The highest BCUT2D eigenvalue weighted by Crippen LogP contribution is 1.97. The van der Waals surface area contributed by atoms with Gasteiger partial charge >= 0.3 is 11.9 Å². The van der Waals surface area contributed by atoms with Gasteiger partial charge in [0.05, 0.1) is 13.4 Å². The van der Waals surface area contributed by atoms with E-state index in [-0.39, 0.29) is 19.4 Å². The predicted octanol–water partition coefficient (Wildman–Crippen LogP) is 0.945. The molecule has 1 N–H and O–H groups in total. The van der Waals surface area contributed by atoms with E-state index in [4.69, 9.17) is 9.84 Å². The van der Waals surface area contributed by atoms with Crippen LogP contribution in [0.5, 0.6) is 0 Å². The van der Waals surface area contributed by atoms with Gasteiger partial charge in [-0.25, -0.2) is 0 Å².